The van der Waals surface area contributed by atoms with E-state index in [4.69, 9.17) is 4.42 Å². The van der Waals surface area contributed by atoms with Crippen LogP contribution in [0.3, 0.4) is 0 Å². The molecule has 0 atom stereocenters. The van der Waals surface area contributed by atoms with Crippen LogP contribution in [0, 0.1) is 0 Å². The SMILES string of the molecule is CC(=O)c1cc2cc(Br)cc(CO)c2oc1=O. The monoisotopic (exact) mass is 296 g/mol. The lowest BCUT2D eigenvalue weighted by Gasteiger charge is -2.04. The molecule has 0 amide bonds. The fourth-order valence-corrected chi connectivity index (χ4v) is 2.15. The van der Waals surface area contributed by atoms with Gasteiger partial charge in [-0.2, -0.15) is 0 Å². The molecule has 1 aromatic heterocycles. The largest absolute Gasteiger partial charge is 0.422 e. The van der Waals surface area contributed by atoms with Gasteiger partial charge in [0.15, 0.2) is 5.78 Å². The van der Waals surface area contributed by atoms with Crippen LogP contribution in [0.2, 0.25) is 0 Å². The van der Waals surface area contributed by atoms with Crippen molar-refractivity contribution in [3.63, 3.8) is 0 Å². The van der Waals surface area contributed by atoms with Gasteiger partial charge in [0.2, 0.25) is 0 Å². The van der Waals surface area contributed by atoms with E-state index in [1.54, 1.807) is 12.1 Å². The molecule has 88 valence electrons. The third-order valence-corrected chi connectivity index (χ3v) is 2.88. The van der Waals surface area contributed by atoms with E-state index in [-0.39, 0.29) is 18.0 Å². The van der Waals surface area contributed by atoms with Gasteiger partial charge in [-0.25, -0.2) is 4.79 Å². The molecule has 0 aliphatic rings. The number of hydrogen-bond donors (Lipinski definition) is 1. The van der Waals surface area contributed by atoms with Crippen LogP contribution < -0.4 is 5.63 Å². The number of benzene rings is 1. The van der Waals surface area contributed by atoms with Crippen molar-refractivity contribution < 1.29 is 14.3 Å². The van der Waals surface area contributed by atoms with Gasteiger partial charge >= 0.3 is 5.63 Å². The van der Waals surface area contributed by atoms with E-state index >= 15 is 0 Å². The predicted octanol–water partition coefficient (Wildman–Crippen LogP) is 2.25. The van der Waals surface area contributed by atoms with Gasteiger partial charge in [0.05, 0.1) is 6.61 Å². The number of aliphatic hydroxyl groups is 1. The number of hydrogen-bond acceptors (Lipinski definition) is 4. The number of aliphatic hydroxyl groups excluding tert-OH is 1. The normalized spacial score (nSPS) is 10.8. The minimum absolute atomic E-state index is 0.0134. The minimum atomic E-state index is -0.679. The van der Waals surface area contributed by atoms with Crippen LogP contribution >= 0.6 is 15.9 Å². The molecule has 4 nitrogen and oxygen atoms in total. The quantitative estimate of drug-likeness (QED) is 0.682. The van der Waals surface area contributed by atoms with Gasteiger partial charge in [0, 0.05) is 15.4 Å². The number of fused-ring (bicyclic) bond motifs is 1. The predicted molar refractivity (Wildman–Crippen MR) is 66.1 cm³/mol. The molecule has 0 saturated heterocycles. The van der Waals surface area contributed by atoms with Gasteiger partial charge in [-0.1, -0.05) is 15.9 Å². The Labute approximate surface area is 105 Å². The second-order valence-electron chi connectivity index (χ2n) is 3.65. The molecule has 0 saturated carbocycles. The summed E-state index contributed by atoms with van der Waals surface area (Å²) in [5.41, 5.74) is 0.147. The number of halogens is 1. The van der Waals surface area contributed by atoms with Crippen LogP contribution in [-0.4, -0.2) is 10.9 Å². The summed E-state index contributed by atoms with van der Waals surface area (Å²) in [7, 11) is 0. The average Bonchev–Trinajstić information content (AvgIpc) is 2.27. The van der Waals surface area contributed by atoms with Crippen molar-refractivity contribution in [2.45, 2.75) is 13.5 Å². The fraction of sp³-hybridized carbons (Fsp3) is 0.167. The van der Waals surface area contributed by atoms with E-state index in [0.717, 1.165) is 4.47 Å². The topological polar surface area (TPSA) is 67.5 Å². The Morgan fingerprint density at radius 1 is 1.41 bits per heavy atom. The first kappa shape index (κ1) is 12.0. The molecule has 0 aliphatic carbocycles. The first-order valence-electron chi connectivity index (χ1n) is 4.91. The van der Waals surface area contributed by atoms with Gasteiger partial charge in [0.1, 0.15) is 11.1 Å². The standard InChI is InChI=1S/C12H9BrO4/c1-6(15)10-4-7-2-9(13)3-8(5-14)11(7)17-12(10)16/h2-4,14H,5H2,1H3. The van der Waals surface area contributed by atoms with Crippen molar-refractivity contribution in [3.05, 3.63) is 44.2 Å². The summed E-state index contributed by atoms with van der Waals surface area (Å²) in [6.45, 7) is 1.07. The van der Waals surface area contributed by atoms with Gasteiger partial charge in [-0.05, 0) is 25.1 Å². The fourth-order valence-electron chi connectivity index (χ4n) is 1.63. The highest BCUT2D eigenvalue weighted by Crippen LogP contribution is 2.24. The highest BCUT2D eigenvalue weighted by molar-refractivity contribution is 9.10. The molecular formula is C12H9BrO4. The molecule has 17 heavy (non-hydrogen) atoms. The lowest BCUT2D eigenvalue weighted by atomic mass is 10.1. The summed E-state index contributed by atoms with van der Waals surface area (Å²) in [4.78, 5) is 22.8. The smallest absolute Gasteiger partial charge is 0.347 e. The van der Waals surface area contributed by atoms with E-state index < -0.39 is 5.63 Å². The van der Waals surface area contributed by atoms with Gasteiger partial charge in [0.25, 0.3) is 0 Å². The van der Waals surface area contributed by atoms with Crippen molar-refractivity contribution in [1.82, 2.24) is 0 Å². The maximum Gasteiger partial charge on any atom is 0.347 e. The van der Waals surface area contributed by atoms with Crippen molar-refractivity contribution in [2.24, 2.45) is 0 Å². The van der Waals surface area contributed by atoms with Crippen LogP contribution in [0.15, 0.2) is 31.9 Å². The van der Waals surface area contributed by atoms with E-state index in [1.807, 2.05) is 0 Å². The number of carbonyl (C=O) groups is 1. The summed E-state index contributed by atoms with van der Waals surface area (Å²) in [6, 6.07) is 4.87. The van der Waals surface area contributed by atoms with Gasteiger partial charge in [-0.3, -0.25) is 4.79 Å². The summed E-state index contributed by atoms with van der Waals surface area (Å²) in [5, 5.41) is 9.78. The molecule has 1 N–H and O–H groups in total. The second-order valence-corrected chi connectivity index (χ2v) is 4.56. The average molecular weight is 297 g/mol. The van der Waals surface area contributed by atoms with E-state index in [9.17, 15) is 14.7 Å². The molecule has 0 bridgehead atoms. The third-order valence-electron chi connectivity index (χ3n) is 2.42. The number of carbonyl (C=O) groups excluding carboxylic acids is 1. The highest BCUT2D eigenvalue weighted by atomic mass is 79.9. The molecular weight excluding hydrogens is 288 g/mol. The van der Waals surface area contributed by atoms with Crippen LogP contribution in [0.1, 0.15) is 22.8 Å². The lowest BCUT2D eigenvalue weighted by Crippen LogP contribution is -2.11. The van der Waals surface area contributed by atoms with Crippen LogP contribution in [0.4, 0.5) is 0 Å². The van der Waals surface area contributed by atoms with E-state index in [2.05, 4.69) is 15.9 Å². The zero-order valence-electron chi connectivity index (χ0n) is 8.99. The Morgan fingerprint density at radius 3 is 2.71 bits per heavy atom. The maximum absolute atomic E-state index is 11.5. The van der Waals surface area contributed by atoms with E-state index in [0.29, 0.717) is 16.5 Å². The molecule has 1 heterocycles. The number of Topliss-reactive ketones (excluding diaryl/α,β-unsaturated/α-hetero) is 1. The van der Waals surface area contributed by atoms with E-state index in [1.165, 1.54) is 13.0 Å². The van der Waals surface area contributed by atoms with Gasteiger partial charge < -0.3 is 9.52 Å². The Balaban J connectivity index is 2.87. The summed E-state index contributed by atoms with van der Waals surface area (Å²) in [5.74, 6) is -0.342. The number of ketones is 1. The zero-order valence-corrected chi connectivity index (χ0v) is 10.6. The van der Waals surface area contributed by atoms with Crippen LogP contribution in [-0.2, 0) is 6.61 Å². The number of rotatable bonds is 2. The highest BCUT2D eigenvalue weighted by Gasteiger charge is 2.12. The summed E-state index contributed by atoms with van der Waals surface area (Å²) in [6.07, 6.45) is 0. The lowest BCUT2D eigenvalue weighted by molar-refractivity contribution is 0.101. The van der Waals surface area contributed by atoms with Crippen molar-refractivity contribution in [1.29, 1.82) is 0 Å². The second kappa shape index (κ2) is 4.43. The molecule has 2 rings (SSSR count). The molecule has 0 unspecified atom stereocenters. The Kier molecular flexibility index (Phi) is 3.13. The van der Waals surface area contributed by atoms with Crippen molar-refractivity contribution in [2.75, 3.05) is 0 Å². The van der Waals surface area contributed by atoms with Crippen LogP contribution in [0.5, 0.6) is 0 Å². The first-order chi connectivity index (χ1) is 8.02. The molecule has 0 aliphatic heterocycles. The summed E-state index contributed by atoms with van der Waals surface area (Å²) < 4.78 is 5.82. The summed E-state index contributed by atoms with van der Waals surface area (Å²) >= 11 is 3.29. The Morgan fingerprint density at radius 2 is 2.12 bits per heavy atom. The molecule has 0 spiro atoms. The van der Waals surface area contributed by atoms with Gasteiger partial charge in [-0.15, -0.1) is 0 Å². The maximum atomic E-state index is 11.5. The van der Waals surface area contributed by atoms with Crippen molar-refractivity contribution >= 4 is 32.7 Å². The zero-order chi connectivity index (χ0) is 12.6. The molecule has 5 heteroatoms. The molecule has 2 aromatic rings. The molecule has 0 fully saturated rings. The van der Waals surface area contributed by atoms with Crippen LogP contribution in [0.25, 0.3) is 11.0 Å². The Hall–Kier alpha value is -1.46. The minimum Gasteiger partial charge on any atom is -0.422 e. The first-order valence-corrected chi connectivity index (χ1v) is 5.70. The molecule has 0 radical (unpaired) electrons. The Bertz CT molecular complexity index is 657. The molecule has 1 aromatic carbocycles. The van der Waals surface area contributed by atoms with Crippen molar-refractivity contribution in [3.8, 4) is 0 Å². The third kappa shape index (κ3) is 2.16.